The number of benzene rings is 2. The van der Waals surface area contributed by atoms with Gasteiger partial charge in [-0.25, -0.2) is 9.67 Å². The van der Waals surface area contributed by atoms with Crippen LogP contribution in [0.4, 0.5) is 11.6 Å². The van der Waals surface area contributed by atoms with Crippen molar-refractivity contribution in [2.75, 3.05) is 42.9 Å². The highest BCUT2D eigenvalue weighted by atomic mass is 16.2. The van der Waals surface area contributed by atoms with Crippen LogP contribution in [0.15, 0.2) is 67.1 Å². The lowest BCUT2D eigenvalue weighted by molar-refractivity contribution is -0.117. The molecule has 0 saturated carbocycles. The molecule has 1 amide bonds. The predicted molar refractivity (Wildman–Crippen MR) is 143 cm³/mol. The maximum absolute atomic E-state index is 13.1. The average molecular weight is 482 g/mol. The van der Waals surface area contributed by atoms with Crippen molar-refractivity contribution in [2.24, 2.45) is 0 Å². The molecular formula is C28H31N7O. The van der Waals surface area contributed by atoms with E-state index < -0.39 is 0 Å². The smallest absolute Gasteiger partial charge is 0.239 e. The van der Waals surface area contributed by atoms with Crippen molar-refractivity contribution >= 4 is 17.5 Å². The SMILES string of the molecule is Cc1cc(C)c(-c2cc(NC(=O)CN3CCN(c4cnccn4)CC3)n(-c3ccccc3)n2)cc1C. The normalized spacial score (nSPS) is 14.1. The largest absolute Gasteiger partial charge is 0.353 e. The van der Waals surface area contributed by atoms with Crippen molar-refractivity contribution in [3.63, 3.8) is 0 Å². The minimum atomic E-state index is -0.0524. The van der Waals surface area contributed by atoms with Crippen molar-refractivity contribution in [1.29, 1.82) is 0 Å². The molecule has 2 aromatic heterocycles. The van der Waals surface area contributed by atoms with E-state index in [-0.39, 0.29) is 5.91 Å². The third-order valence-corrected chi connectivity index (χ3v) is 6.71. The first kappa shape index (κ1) is 23.7. The number of nitrogens with one attached hydrogen (secondary N) is 1. The molecule has 0 bridgehead atoms. The molecule has 1 fully saturated rings. The van der Waals surface area contributed by atoms with Gasteiger partial charge < -0.3 is 10.2 Å². The van der Waals surface area contributed by atoms with E-state index in [1.165, 1.54) is 11.1 Å². The molecule has 0 spiro atoms. The fourth-order valence-electron chi connectivity index (χ4n) is 4.58. The lowest BCUT2D eigenvalue weighted by Gasteiger charge is -2.34. The number of aromatic nitrogens is 4. The molecule has 0 radical (unpaired) electrons. The van der Waals surface area contributed by atoms with Gasteiger partial charge in [0.25, 0.3) is 0 Å². The summed E-state index contributed by atoms with van der Waals surface area (Å²) in [6.45, 7) is 9.85. The summed E-state index contributed by atoms with van der Waals surface area (Å²) in [6, 6.07) is 16.2. The highest BCUT2D eigenvalue weighted by Gasteiger charge is 2.21. The van der Waals surface area contributed by atoms with Crippen LogP contribution in [0.25, 0.3) is 16.9 Å². The van der Waals surface area contributed by atoms with Gasteiger partial charge in [-0.3, -0.25) is 14.7 Å². The number of para-hydroxylation sites is 1. The highest BCUT2D eigenvalue weighted by Crippen LogP contribution is 2.29. The number of hydrogen-bond donors (Lipinski definition) is 1. The first-order valence-corrected chi connectivity index (χ1v) is 12.2. The molecule has 1 aliphatic rings. The highest BCUT2D eigenvalue weighted by molar-refractivity contribution is 5.92. The molecule has 1 saturated heterocycles. The van der Waals surface area contributed by atoms with Gasteiger partial charge in [-0.2, -0.15) is 5.10 Å². The number of hydrogen-bond acceptors (Lipinski definition) is 6. The minimum Gasteiger partial charge on any atom is -0.353 e. The summed E-state index contributed by atoms with van der Waals surface area (Å²) < 4.78 is 1.81. The molecule has 0 unspecified atom stereocenters. The van der Waals surface area contributed by atoms with Gasteiger partial charge >= 0.3 is 0 Å². The van der Waals surface area contributed by atoms with E-state index in [1.54, 1.807) is 18.6 Å². The number of anilines is 2. The van der Waals surface area contributed by atoms with Crippen molar-refractivity contribution < 1.29 is 4.79 Å². The first-order valence-electron chi connectivity index (χ1n) is 12.2. The van der Waals surface area contributed by atoms with Crippen LogP contribution in [0.3, 0.4) is 0 Å². The van der Waals surface area contributed by atoms with Gasteiger partial charge in [-0.05, 0) is 55.7 Å². The molecule has 184 valence electrons. The number of nitrogens with zero attached hydrogens (tertiary/aromatic N) is 6. The Labute approximate surface area is 211 Å². The van der Waals surface area contributed by atoms with E-state index in [9.17, 15) is 4.79 Å². The number of amides is 1. The molecule has 0 aliphatic carbocycles. The van der Waals surface area contributed by atoms with Gasteiger partial charge in [0.2, 0.25) is 5.91 Å². The molecule has 36 heavy (non-hydrogen) atoms. The monoisotopic (exact) mass is 481 g/mol. The van der Waals surface area contributed by atoms with Gasteiger partial charge in [-0.1, -0.05) is 24.3 Å². The summed E-state index contributed by atoms with van der Waals surface area (Å²) in [6.07, 6.45) is 5.16. The Hall–Kier alpha value is -4.04. The van der Waals surface area contributed by atoms with Crippen LogP contribution in [0.5, 0.6) is 0 Å². The Morgan fingerprint density at radius 3 is 2.39 bits per heavy atom. The van der Waals surface area contributed by atoms with Crippen LogP contribution >= 0.6 is 0 Å². The van der Waals surface area contributed by atoms with Crippen LogP contribution in [-0.4, -0.2) is 63.3 Å². The maximum Gasteiger partial charge on any atom is 0.239 e. The van der Waals surface area contributed by atoms with Crippen molar-refractivity contribution in [3.05, 3.63) is 83.8 Å². The van der Waals surface area contributed by atoms with Gasteiger partial charge in [0, 0.05) is 50.2 Å². The lowest BCUT2D eigenvalue weighted by atomic mass is 9.99. The van der Waals surface area contributed by atoms with Crippen LogP contribution < -0.4 is 10.2 Å². The summed E-state index contributed by atoms with van der Waals surface area (Å²) in [5.41, 5.74) is 6.45. The van der Waals surface area contributed by atoms with E-state index in [0.717, 1.165) is 54.5 Å². The van der Waals surface area contributed by atoms with Crippen LogP contribution in [0.2, 0.25) is 0 Å². The Balaban J connectivity index is 1.33. The third-order valence-electron chi connectivity index (χ3n) is 6.71. The molecule has 2 aromatic carbocycles. The van der Waals surface area contributed by atoms with Gasteiger partial charge in [0.15, 0.2) is 0 Å². The van der Waals surface area contributed by atoms with Crippen molar-refractivity contribution in [1.82, 2.24) is 24.6 Å². The molecule has 8 heteroatoms. The predicted octanol–water partition coefficient (Wildman–Crippen LogP) is 4.02. The minimum absolute atomic E-state index is 0.0524. The second-order valence-corrected chi connectivity index (χ2v) is 9.29. The molecule has 5 rings (SSSR count). The van der Waals surface area contributed by atoms with Crippen LogP contribution in [-0.2, 0) is 4.79 Å². The fraction of sp³-hybridized carbons (Fsp3) is 0.286. The summed E-state index contributed by atoms with van der Waals surface area (Å²) in [7, 11) is 0. The van der Waals surface area contributed by atoms with Crippen molar-refractivity contribution in [3.8, 4) is 16.9 Å². The molecule has 4 aromatic rings. The molecule has 0 atom stereocenters. The number of rotatable bonds is 6. The van der Waals surface area contributed by atoms with E-state index in [0.29, 0.717) is 12.4 Å². The molecule has 3 heterocycles. The first-order chi connectivity index (χ1) is 17.5. The zero-order valence-corrected chi connectivity index (χ0v) is 21.0. The number of carbonyl (C=O) groups excluding carboxylic acids is 1. The number of aryl methyl sites for hydroxylation is 3. The van der Waals surface area contributed by atoms with Crippen molar-refractivity contribution in [2.45, 2.75) is 20.8 Å². The fourth-order valence-corrected chi connectivity index (χ4v) is 4.58. The molecule has 8 nitrogen and oxygen atoms in total. The van der Waals surface area contributed by atoms with Gasteiger partial charge in [0.1, 0.15) is 11.6 Å². The Morgan fingerprint density at radius 2 is 1.67 bits per heavy atom. The van der Waals surface area contributed by atoms with Gasteiger partial charge in [-0.15, -0.1) is 0 Å². The maximum atomic E-state index is 13.1. The standard InChI is InChI=1S/C28H31N7O/c1-20-15-22(3)24(16-21(20)2)25-17-26(35(32-25)23-7-5-4-6-8-23)31-28(36)19-33-11-13-34(14-12-33)27-18-29-9-10-30-27/h4-10,15-18H,11-14,19H2,1-3H3,(H,31,36). The second kappa shape index (κ2) is 10.3. The Morgan fingerprint density at radius 1 is 0.917 bits per heavy atom. The van der Waals surface area contributed by atoms with E-state index in [1.807, 2.05) is 41.1 Å². The van der Waals surface area contributed by atoms with Gasteiger partial charge in [0.05, 0.1) is 24.1 Å². The Kier molecular flexibility index (Phi) is 6.77. The average Bonchev–Trinajstić information content (AvgIpc) is 3.31. The lowest BCUT2D eigenvalue weighted by Crippen LogP contribution is -2.49. The summed E-state index contributed by atoms with van der Waals surface area (Å²) >= 11 is 0. The topological polar surface area (TPSA) is 79.2 Å². The number of carbonyl (C=O) groups is 1. The Bertz CT molecular complexity index is 1340. The zero-order chi connectivity index (χ0) is 25.1. The summed E-state index contributed by atoms with van der Waals surface area (Å²) in [4.78, 5) is 26.0. The number of piperazine rings is 1. The summed E-state index contributed by atoms with van der Waals surface area (Å²) in [5, 5.41) is 8.01. The summed E-state index contributed by atoms with van der Waals surface area (Å²) in [5.74, 6) is 1.49. The molecule has 1 N–H and O–H groups in total. The van der Waals surface area contributed by atoms with E-state index >= 15 is 0 Å². The van der Waals surface area contributed by atoms with E-state index in [2.05, 4.69) is 58.0 Å². The quantitative estimate of drug-likeness (QED) is 0.448. The molecular weight excluding hydrogens is 450 g/mol. The van der Waals surface area contributed by atoms with Crippen LogP contribution in [0.1, 0.15) is 16.7 Å². The molecule has 1 aliphatic heterocycles. The zero-order valence-electron chi connectivity index (χ0n) is 21.0. The second-order valence-electron chi connectivity index (χ2n) is 9.29. The van der Waals surface area contributed by atoms with Crippen LogP contribution in [0, 0.1) is 20.8 Å². The van der Waals surface area contributed by atoms with E-state index in [4.69, 9.17) is 5.10 Å². The third kappa shape index (κ3) is 5.13.